The van der Waals surface area contributed by atoms with Crippen LogP contribution in [-0.4, -0.2) is 26.3 Å². The Bertz CT molecular complexity index is 141. The molecule has 1 aliphatic heterocycles. The summed E-state index contributed by atoms with van der Waals surface area (Å²) < 4.78 is 5.69. The second-order valence-electron chi connectivity index (χ2n) is 3.89. The van der Waals surface area contributed by atoms with Crippen molar-refractivity contribution in [3.8, 4) is 0 Å². The molecular formula is C9H18ClNO. The van der Waals surface area contributed by atoms with Gasteiger partial charge in [0.15, 0.2) is 0 Å². The van der Waals surface area contributed by atoms with E-state index in [1.807, 2.05) is 7.05 Å². The van der Waals surface area contributed by atoms with Gasteiger partial charge in [-0.25, -0.2) is 0 Å². The van der Waals surface area contributed by atoms with Gasteiger partial charge < -0.3 is 10.1 Å². The summed E-state index contributed by atoms with van der Waals surface area (Å²) in [7, 11) is 2.04. The summed E-state index contributed by atoms with van der Waals surface area (Å²) >= 11 is 0. The van der Waals surface area contributed by atoms with Crippen LogP contribution in [0.1, 0.15) is 25.7 Å². The van der Waals surface area contributed by atoms with E-state index in [0.717, 1.165) is 13.2 Å². The lowest BCUT2D eigenvalue weighted by molar-refractivity contribution is 0.0707. The predicted octanol–water partition coefficient (Wildman–Crippen LogP) is 1.59. The molecular weight excluding hydrogens is 174 g/mol. The topological polar surface area (TPSA) is 21.3 Å². The van der Waals surface area contributed by atoms with Gasteiger partial charge >= 0.3 is 0 Å². The first-order chi connectivity index (χ1) is 5.37. The van der Waals surface area contributed by atoms with Gasteiger partial charge in [-0.15, -0.1) is 12.4 Å². The Kier molecular flexibility index (Phi) is 3.38. The fraction of sp³-hybridized carbons (Fsp3) is 1.00. The van der Waals surface area contributed by atoms with Gasteiger partial charge in [-0.1, -0.05) is 6.42 Å². The fourth-order valence-corrected chi connectivity index (χ4v) is 2.70. The molecule has 2 unspecified atom stereocenters. The van der Waals surface area contributed by atoms with E-state index < -0.39 is 0 Å². The van der Waals surface area contributed by atoms with Gasteiger partial charge in [0, 0.05) is 18.6 Å². The number of nitrogens with one attached hydrogen (secondary N) is 1. The van der Waals surface area contributed by atoms with Crippen LogP contribution in [0, 0.1) is 5.41 Å². The van der Waals surface area contributed by atoms with E-state index in [-0.39, 0.29) is 12.4 Å². The molecule has 2 atom stereocenters. The largest absolute Gasteiger partial charge is 0.378 e. The third-order valence-electron chi connectivity index (χ3n) is 3.27. The van der Waals surface area contributed by atoms with Gasteiger partial charge in [-0.3, -0.25) is 0 Å². The normalized spacial score (nSPS) is 39.2. The summed E-state index contributed by atoms with van der Waals surface area (Å²) in [4.78, 5) is 0. The Morgan fingerprint density at radius 3 is 3.08 bits per heavy atom. The molecule has 0 aromatic carbocycles. The quantitative estimate of drug-likeness (QED) is 0.716. The molecule has 1 aliphatic carbocycles. The second kappa shape index (κ2) is 3.95. The van der Waals surface area contributed by atoms with Crippen molar-refractivity contribution in [1.82, 2.24) is 5.32 Å². The minimum Gasteiger partial charge on any atom is -0.378 e. The number of fused-ring (bicyclic) bond motifs is 1. The van der Waals surface area contributed by atoms with Gasteiger partial charge in [0.25, 0.3) is 0 Å². The lowest BCUT2D eigenvalue weighted by Crippen LogP contribution is -2.35. The molecule has 0 spiro atoms. The Morgan fingerprint density at radius 1 is 1.50 bits per heavy atom. The van der Waals surface area contributed by atoms with Crippen molar-refractivity contribution in [2.24, 2.45) is 5.41 Å². The SMILES string of the molecule is CNCC12CCCC1OCC2.Cl. The highest BCUT2D eigenvalue weighted by Gasteiger charge is 2.46. The van der Waals surface area contributed by atoms with Gasteiger partial charge in [0.2, 0.25) is 0 Å². The van der Waals surface area contributed by atoms with Crippen molar-refractivity contribution in [3.05, 3.63) is 0 Å². The molecule has 3 heteroatoms. The van der Waals surface area contributed by atoms with Crippen LogP contribution in [-0.2, 0) is 4.74 Å². The van der Waals surface area contributed by atoms with E-state index in [1.54, 1.807) is 0 Å². The number of hydrogen-bond acceptors (Lipinski definition) is 2. The van der Waals surface area contributed by atoms with Crippen molar-refractivity contribution < 1.29 is 4.74 Å². The minimum atomic E-state index is 0. The first-order valence-corrected chi connectivity index (χ1v) is 4.64. The molecule has 0 aromatic rings. The molecule has 72 valence electrons. The zero-order valence-corrected chi connectivity index (χ0v) is 8.45. The van der Waals surface area contributed by atoms with Gasteiger partial charge in [0.05, 0.1) is 6.10 Å². The van der Waals surface area contributed by atoms with E-state index in [1.165, 1.54) is 25.7 Å². The molecule has 0 amide bonds. The number of rotatable bonds is 2. The molecule has 2 aliphatic rings. The smallest absolute Gasteiger partial charge is 0.0644 e. The summed E-state index contributed by atoms with van der Waals surface area (Å²) in [5.74, 6) is 0. The molecule has 0 aromatic heterocycles. The first-order valence-electron chi connectivity index (χ1n) is 4.64. The summed E-state index contributed by atoms with van der Waals surface area (Å²) in [6, 6.07) is 0. The van der Waals surface area contributed by atoms with Crippen molar-refractivity contribution in [2.45, 2.75) is 31.8 Å². The number of ether oxygens (including phenoxy) is 1. The monoisotopic (exact) mass is 191 g/mol. The standard InChI is InChI=1S/C9H17NO.ClH/c1-10-7-9-4-2-3-8(9)11-6-5-9;/h8,10H,2-7H2,1H3;1H. The number of hydrogen-bond donors (Lipinski definition) is 1. The third-order valence-corrected chi connectivity index (χ3v) is 3.27. The second-order valence-corrected chi connectivity index (χ2v) is 3.89. The molecule has 1 saturated carbocycles. The Balaban J connectivity index is 0.000000720. The van der Waals surface area contributed by atoms with Gasteiger partial charge in [0.1, 0.15) is 0 Å². The van der Waals surface area contributed by atoms with Crippen LogP contribution in [0.15, 0.2) is 0 Å². The summed E-state index contributed by atoms with van der Waals surface area (Å²) in [5, 5.41) is 3.29. The molecule has 0 bridgehead atoms. The van der Waals surface area contributed by atoms with Crippen LogP contribution in [0.5, 0.6) is 0 Å². The Morgan fingerprint density at radius 2 is 2.33 bits per heavy atom. The average Bonchev–Trinajstić information content (AvgIpc) is 2.45. The highest BCUT2D eigenvalue weighted by molar-refractivity contribution is 5.85. The van der Waals surface area contributed by atoms with Crippen LogP contribution in [0.3, 0.4) is 0 Å². The Hall–Kier alpha value is 0.210. The molecule has 12 heavy (non-hydrogen) atoms. The highest BCUT2D eigenvalue weighted by atomic mass is 35.5. The molecule has 2 fully saturated rings. The molecule has 1 saturated heterocycles. The van der Waals surface area contributed by atoms with Gasteiger partial charge in [-0.05, 0) is 26.3 Å². The van der Waals surface area contributed by atoms with Crippen LogP contribution >= 0.6 is 12.4 Å². The van der Waals surface area contributed by atoms with E-state index in [4.69, 9.17) is 4.74 Å². The Labute approximate surface area is 80.5 Å². The predicted molar refractivity (Wildman–Crippen MR) is 51.8 cm³/mol. The van der Waals surface area contributed by atoms with E-state index in [2.05, 4.69) is 5.32 Å². The third kappa shape index (κ3) is 1.48. The average molecular weight is 192 g/mol. The maximum Gasteiger partial charge on any atom is 0.0644 e. The zero-order valence-electron chi connectivity index (χ0n) is 7.64. The maximum absolute atomic E-state index is 5.69. The lowest BCUT2D eigenvalue weighted by atomic mass is 9.83. The van der Waals surface area contributed by atoms with Gasteiger partial charge in [-0.2, -0.15) is 0 Å². The molecule has 1 N–H and O–H groups in total. The van der Waals surface area contributed by atoms with Crippen molar-refractivity contribution in [3.63, 3.8) is 0 Å². The minimum absolute atomic E-state index is 0. The zero-order chi connectivity index (χ0) is 7.73. The molecule has 0 radical (unpaired) electrons. The van der Waals surface area contributed by atoms with E-state index in [0.29, 0.717) is 11.5 Å². The maximum atomic E-state index is 5.69. The summed E-state index contributed by atoms with van der Waals surface area (Å²) in [6.07, 6.45) is 5.89. The van der Waals surface area contributed by atoms with Crippen LogP contribution in [0.2, 0.25) is 0 Å². The fourth-order valence-electron chi connectivity index (χ4n) is 2.70. The molecule has 2 rings (SSSR count). The number of halogens is 1. The molecule has 1 heterocycles. The summed E-state index contributed by atoms with van der Waals surface area (Å²) in [6.45, 7) is 2.14. The van der Waals surface area contributed by atoms with E-state index >= 15 is 0 Å². The summed E-state index contributed by atoms with van der Waals surface area (Å²) in [5.41, 5.74) is 0.523. The van der Waals surface area contributed by atoms with Crippen molar-refractivity contribution in [2.75, 3.05) is 20.2 Å². The lowest BCUT2D eigenvalue weighted by Gasteiger charge is -2.26. The first kappa shape index (κ1) is 10.3. The van der Waals surface area contributed by atoms with Crippen molar-refractivity contribution >= 4 is 12.4 Å². The van der Waals surface area contributed by atoms with Crippen molar-refractivity contribution in [1.29, 1.82) is 0 Å². The van der Waals surface area contributed by atoms with Crippen LogP contribution in [0.4, 0.5) is 0 Å². The highest BCUT2D eigenvalue weighted by Crippen LogP contribution is 2.46. The van der Waals surface area contributed by atoms with E-state index in [9.17, 15) is 0 Å². The van der Waals surface area contributed by atoms with Crippen LogP contribution < -0.4 is 5.32 Å². The van der Waals surface area contributed by atoms with Crippen LogP contribution in [0.25, 0.3) is 0 Å². The molecule has 2 nitrogen and oxygen atoms in total.